The first-order valence-corrected chi connectivity index (χ1v) is 9.80. The minimum atomic E-state index is -0.309. The second-order valence-corrected chi connectivity index (χ2v) is 6.94. The lowest BCUT2D eigenvalue weighted by Crippen LogP contribution is -2.19. The van der Waals surface area contributed by atoms with Crippen LogP contribution >= 0.6 is 0 Å². The zero-order valence-corrected chi connectivity index (χ0v) is 16.1. The van der Waals surface area contributed by atoms with Gasteiger partial charge in [0.2, 0.25) is 0 Å². The van der Waals surface area contributed by atoms with E-state index in [0.29, 0.717) is 18.2 Å². The first-order valence-electron chi connectivity index (χ1n) is 9.80. The molecule has 2 N–H and O–H groups in total. The minimum Gasteiger partial charge on any atom is -0.462 e. The Labute approximate surface area is 160 Å². The first-order chi connectivity index (χ1) is 13.1. The molecule has 0 atom stereocenters. The molecule has 1 aliphatic carbocycles. The van der Waals surface area contributed by atoms with Crippen molar-refractivity contribution < 1.29 is 9.53 Å². The Hall–Kier alpha value is -2.63. The lowest BCUT2D eigenvalue weighted by Gasteiger charge is -2.18. The fourth-order valence-electron chi connectivity index (χ4n) is 3.39. The van der Waals surface area contributed by atoms with Crippen LogP contribution in [0.15, 0.2) is 30.3 Å². The van der Waals surface area contributed by atoms with Crippen molar-refractivity contribution in [1.82, 2.24) is 9.97 Å². The van der Waals surface area contributed by atoms with Gasteiger partial charge in [-0.3, -0.25) is 0 Å². The molecule has 0 radical (unpaired) electrons. The van der Waals surface area contributed by atoms with E-state index < -0.39 is 0 Å². The summed E-state index contributed by atoms with van der Waals surface area (Å²) in [5.41, 5.74) is 1.40. The van der Waals surface area contributed by atoms with Gasteiger partial charge in [-0.15, -0.1) is 0 Å². The van der Waals surface area contributed by atoms with Gasteiger partial charge in [-0.1, -0.05) is 25.7 Å². The van der Waals surface area contributed by atoms with Crippen molar-refractivity contribution in [2.75, 3.05) is 17.2 Å². The van der Waals surface area contributed by atoms with Gasteiger partial charge in [0.15, 0.2) is 0 Å². The number of carbonyl (C=O) groups is 1. The van der Waals surface area contributed by atoms with Crippen LogP contribution in [0.25, 0.3) is 0 Å². The van der Waals surface area contributed by atoms with E-state index in [1.165, 1.54) is 38.5 Å². The molecule has 0 spiro atoms. The van der Waals surface area contributed by atoms with Crippen molar-refractivity contribution in [3.63, 3.8) is 0 Å². The summed E-state index contributed by atoms with van der Waals surface area (Å²) in [5, 5.41) is 6.86. The van der Waals surface area contributed by atoms with Crippen LogP contribution in [0.1, 0.15) is 61.6 Å². The van der Waals surface area contributed by atoms with Crippen molar-refractivity contribution in [3.05, 3.63) is 41.7 Å². The third kappa shape index (κ3) is 5.67. The van der Waals surface area contributed by atoms with Crippen molar-refractivity contribution in [3.8, 4) is 0 Å². The molecule has 0 unspecified atom stereocenters. The van der Waals surface area contributed by atoms with Gasteiger partial charge in [-0.05, 0) is 51.0 Å². The number of nitrogens with one attached hydrogen (secondary N) is 2. The van der Waals surface area contributed by atoms with Crippen molar-refractivity contribution in [2.45, 2.75) is 58.4 Å². The van der Waals surface area contributed by atoms with E-state index in [1.54, 1.807) is 19.1 Å². The highest BCUT2D eigenvalue weighted by Crippen LogP contribution is 2.23. The molecule has 1 aromatic carbocycles. The first kappa shape index (κ1) is 19.1. The Morgan fingerprint density at radius 3 is 2.41 bits per heavy atom. The summed E-state index contributed by atoms with van der Waals surface area (Å²) in [6.45, 7) is 4.06. The van der Waals surface area contributed by atoms with E-state index in [-0.39, 0.29) is 5.97 Å². The quantitative estimate of drug-likeness (QED) is 0.561. The Kier molecular flexibility index (Phi) is 6.63. The molecule has 6 heteroatoms. The fraction of sp³-hybridized carbons (Fsp3) is 0.476. The lowest BCUT2D eigenvalue weighted by molar-refractivity contribution is 0.0526. The van der Waals surface area contributed by atoms with Gasteiger partial charge < -0.3 is 15.4 Å². The van der Waals surface area contributed by atoms with Crippen LogP contribution in [0.4, 0.5) is 17.3 Å². The highest BCUT2D eigenvalue weighted by molar-refractivity contribution is 5.89. The molecule has 1 aromatic heterocycles. The maximum absolute atomic E-state index is 11.7. The largest absolute Gasteiger partial charge is 0.462 e. The Balaban J connectivity index is 1.67. The van der Waals surface area contributed by atoms with Crippen LogP contribution in [0.5, 0.6) is 0 Å². The zero-order valence-electron chi connectivity index (χ0n) is 16.1. The van der Waals surface area contributed by atoms with Crippen molar-refractivity contribution in [2.24, 2.45) is 0 Å². The summed E-state index contributed by atoms with van der Waals surface area (Å²) in [5.74, 6) is 2.01. The number of esters is 1. The highest BCUT2D eigenvalue weighted by atomic mass is 16.5. The van der Waals surface area contributed by atoms with Gasteiger partial charge >= 0.3 is 5.97 Å². The molecule has 27 heavy (non-hydrogen) atoms. The highest BCUT2D eigenvalue weighted by Gasteiger charge is 2.13. The molecule has 1 aliphatic rings. The van der Waals surface area contributed by atoms with E-state index in [9.17, 15) is 4.79 Å². The third-order valence-corrected chi connectivity index (χ3v) is 4.71. The average molecular weight is 368 g/mol. The molecule has 144 valence electrons. The van der Waals surface area contributed by atoms with Gasteiger partial charge in [0.05, 0.1) is 12.2 Å². The third-order valence-electron chi connectivity index (χ3n) is 4.71. The van der Waals surface area contributed by atoms with E-state index >= 15 is 0 Å². The topological polar surface area (TPSA) is 76.1 Å². The summed E-state index contributed by atoms with van der Waals surface area (Å²) in [7, 11) is 0. The SMILES string of the molecule is CCOC(=O)c1ccc(Nc2cc(NC3CCCCCC3)nc(C)n2)cc1. The Morgan fingerprint density at radius 2 is 1.74 bits per heavy atom. The number of anilines is 3. The predicted octanol–water partition coefficient (Wildman–Crippen LogP) is 4.84. The number of nitrogens with zero attached hydrogens (tertiary/aromatic N) is 2. The molecule has 0 aliphatic heterocycles. The number of aromatic nitrogens is 2. The summed E-state index contributed by atoms with van der Waals surface area (Å²) >= 11 is 0. The Morgan fingerprint density at radius 1 is 1.07 bits per heavy atom. The van der Waals surface area contributed by atoms with Crippen LogP contribution < -0.4 is 10.6 Å². The van der Waals surface area contributed by atoms with Crippen molar-refractivity contribution >= 4 is 23.3 Å². The van der Waals surface area contributed by atoms with E-state index in [0.717, 1.165) is 23.1 Å². The van der Waals surface area contributed by atoms with Gasteiger partial charge in [0, 0.05) is 17.8 Å². The Bertz CT molecular complexity index is 753. The van der Waals surface area contributed by atoms with Crippen LogP contribution in [0, 0.1) is 6.92 Å². The summed E-state index contributed by atoms with van der Waals surface area (Å²) in [6, 6.07) is 9.62. The van der Waals surface area contributed by atoms with Gasteiger partial charge in [0.1, 0.15) is 17.5 Å². The number of ether oxygens (including phenoxy) is 1. The molecule has 1 heterocycles. The number of hydrogen-bond donors (Lipinski definition) is 2. The van der Waals surface area contributed by atoms with Crippen LogP contribution in [0.3, 0.4) is 0 Å². The molecule has 1 saturated carbocycles. The molecule has 1 fully saturated rings. The van der Waals surface area contributed by atoms with Gasteiger partial charge in [0.25, 0.3) is 0 Å². The molecule has 6 nitrogen and oxygen atoms in total. The number of rotatable bonds is 6. The van der Waals surface area contributed by atoms with E-state index in [2.05, 4.69) is 20.6 Å². The van der Waals surface area contributed by atoms with Gasteiger partial charge in [-0.2, -0.15) is 0 Å². The fourth-order valence-corrected chi connectivity index (χ4v) is 3.39. The molecule has 0 bridgehead atoms. The van der Waals surface area contributed by atoms with E-state index in [4.69, 9.17) is 4.74 Å². The predicted molar refractivity (Wildman–Crippen MR) is 108 cm³/mol. The molecule has 3 rings (SSSR count). The second kappa shape index (κ2) is 9.35. The molecule has 0 amide bonds. The maximum atomic E-state index is 11.7. The lowest BCUT2D eigenvalue weighted by atomic mass is 10.1. The zero-order chi connectivity index (χ0) is 19.1. The smallest absolute Gasteiger partial charge is 0.338 e. The molecular weight excluding hydrogens is 340 g/mol. The number of carbonyl (C=O) groups excluding carboxylic acids is 1. The number of hydrogen-bond acceptors (Lipinski definition) is 6. The summed E-state index contributed by atoms with van der Waals surface area (Å²) in [4.78, 5) is 20.8. The second-order valence-electron chi connectivity index (χ2n) is 6.94. The number of aryl methyl sites for hydroxylation is 1. The minimum absolute atomic E-state index is 0.309. The van der Waals surface area contributed by atoms with E-state index in [1.807, 2.05) is 25.1 Å². The maximum Gasteiger partial charge on any atom is 0.338 e. The molecule has 0 saturated heterocycles. The summed E-state index contributed by atoms with van der Waals surface area (Å²) < 4.78 is 5.01. The molecular formula is C21H28N4O2. The van der Waals surface area contributed by atoms with Gasteiger partial charge in [-0.25, -0.2) is 14.8 Å². The van der Waals surface area contributed by atoms with Crippen LogP contribution in [0.2, 0.25) is 0 Å². The molecule has 2 aromatic rings. The normalized spacial score (nSPS) is 15.0. The van der Waals surface area contributed by atoms with Crippen LogP contribution in [-0.2, 0) is 4.74 Å². The van der Waals surface area contributed by atoms with Crippen molar-refractivity contribution in [1.29, 1.82) is 0 Å². The van der Waals surface area contributed by atoms with Crippen LogP contribution in [-0.4, -0.2) is 28.6 Å². The monoisotopic (exact) mass is 368 g/mol. The number of benzene rings is 1. The summed E-state index contributed by atoms with van der Waals surface area (Å²) in [6.07, 6.45) is 7.60. The average Bonchev–Trinajstić information content (AvgIpc) is 2.91. The standard InChI is InChI=1S/C21H28N4O2/c1-3-27-21(26)16-10-12-18(13-11-16)25-20-14-19(22-15(2)23-20)24-17-8-6-4-5-7-9-17/h10-14,17H,3-9H2,1-2H3,(H2,22,23,24,25).